The van der Waals surface area contributed by atoms with Crippen LogP contribution in [0.25, 0.3) is 0 Å². The fraction of sp³-hybridized carbons (Fsp3) is 0.364. The first-order valence-corrected chi connectivity index (χ1v) is 12.1. The van der Waals surface area contributed by atoms with Crippen molar-refractivity contribution in [3.05, 3.63) is 60.7 Å². The maximum absolute atomic E-state index is 15.3. The summed E-state index contributed by atoms with van der Waals surface area (Å²) in [6, 6.07) is 10.0. The molecular formula is C22H27F2IN5O2-. The van der Waals surface area contributed by atoms with Gasteiger partial charge < -0.3 is 0 Å². The first-order chi connectivity index (χ1) is 15.2. The Labute approximate surface area is 197 Å². The van der Waals surface area contributed by atoms with Crippen LogP contribution in [0.1, 0.15) is 5.56 Å². The van der Waals surface area contributed by atoms with Gasteiger partial charge in [-0.1, -0.05) is 0 Å². The van der Waals surface area contributed by atoms with Gasteiger partial charge >= 0.3 is 198 Å². The number of carbonyl (C=O) groups excluding carboxylic acids is 1. The van der Waals surface area contributed by atoms with Gasteiger partial charge in [-0.15, -0.1) is 0 Å². The summed E-state index contributed by atoms with van der Waals surface area (Å²) in [6.07, 6.45) is 0. The van der Waals surface area contributed by atoms with Gasteiger partial charge in [-0.25, -0.2) is 0 Å². The Kier molecular flexibility index (Phi) is 7.75. The van der Waals surface area contributed by atoms with E-state index in [0.29, 0.717) is 30.6 Å². The molecule has 1 fully saturated rings. The number of rotatable bonds is 5. The number of nitrogens with zero attached hydrogens (tertiary/aromatic N) is 5. The second-order valence-corrected chi connectivity index (χ2v) is 10.3. The summed E-state index contributed by atoms with van der Waals surface area (Å²) >= 11 is -1.04. The number of amides is 2. The van der Waals surface area contributed by atoms with Gasteiger partial charge in [0.15, 0.2) is 0 Å². The van der Waals surface area contributed by atoms with Crippen molar-refractivity contribution in [2.45, 2.75) is 6.54 Å². The fourth-order valence-corrected chi connectivity index (χ4v) is 5.86. The van der Waals surface area contributed by atoms with Gasteiger partial charge in [0, 0.05) is 0 Å². The van der Waals surface area contributed by atoms with Crippen molar-refractivity contribution < 1.29 is 39.5 Å². The van der Waals surface area contributed by atoms with Crippen LogP contribution in [-0.2, 0) is 6.54 Å². The summed E-state index contributed by atoms with van der Waals surface area (Å²) < 4.78 is 36.0. The molecule has 10 heteroatoms. The van der Waals surface area contributed by atoms with E-state index in [1.54, 1.807) is 57.2 Å². The first-order valence-electron chi connectivity index (χ1n) is 9.90. The molecule has 0 saturated carbocycles. The van der Waals surface area contributed by atoms with Gasteiger partial charge in [-0.2, -0.15) is 0 Å². The molecule has 0 unspecified atom stereocenters. The Morgan fingerprint density at radius 1 is 1.12 bits per heavy atom. The zero-order chi connectivity index (χ0) is 23.4. The summed E-state index contributed by atoms with van der Waals surface area (Å²) in [6.45, 7) is 0.969. The van der Waals surface area contributed by atoms with Crippen molar-refractivity contribution in [1.82, 2.24) is 19.6 Å². The Morgan fingerprint density at radius 3 is 2.31 bits per heavy atom. The molecule has 0 radical (unpaired) electrons. The molecule has 174 valence electrons. The quantitative estimate of drug-likeness (QED) is 0.220. The van der Waals surface area contributed by atoms with Crippen LogP contribution in [0.4, 0.5) is 13.6 Å². The molecule has 0 N–H and O–H groups in total. The normalized spacial score (nSPS) is 14.9. The molecule has 0 aliphatic carbocycles. The Balaban J connectivity index is 1.79. The number of benzene rings is 2. The van der Waals surface area contributed by atoms with Gasteiger partial charge in [0.25, 0.3) is 0 Å². The minimum atomic E-state index is -1.04. The molecule has 1 aliphatic rings. The van der Waals surface area contributed by atoms with E-state index in [-0.39, 0.29) is 16.1 Å². The molecule has 2 amide bonds. The van der Waals surface area contributed by atoms with Crippen LogP contribution in [0, 0.1) is 18.8 Å². The number of methoxy groups -OCH3 is 1. The topological polar surface area (TPSA) is 51.6 Å². The predicted molar refractivity (Wildman–Crippen MR) is 114 cm³/mol. The number of guanidine groups is 1. The molecule has 0 spiro atoms. The van der Waals surface area contributed by atoms with Gasteiger partial charge in [0.2, 0.25) is 0 Å². The third kappa shape index (κ3) is 5.22. The Bertz CT molecular complexity index is 989. The monoisotopic (exact) mass is 558 g/mol. The Hall–Kier alpha value is -2.63. The summed E-state index contributed by atoms with van der Waals surface area (Å²) in [5, 5.41) is 0. The fourth-order valence-electron chi connectivity index (χ4n) is 3.49. The molecule has 0 aromatic heterocycles. The van der Waals surface area contributed by atoms with Crippen LogP contribution in [0.3, 0.4) is 0 Å². The number of halogens is 3. The number of hydrogen-bond acceptors (Lipinski definition) is 3. The van der Waals surface area contributed by atoms with Crippen LogP contribution in [-0.4, -0.2) is 80.2 Å². The second-order valence-electron chi connectivity index (χ2n) is 7.47. The number of ether oxygens (including phenoxy) is 1. The molecule has 1 aliphatic heterocycles. The number of hydrogen-bond donors (Lipinski definition) is 0. The van der Waals surface area contributed by atoms with Crippen LogP contribution < -0.4 is 25.9 Å². The zero-order valence-corrected chi connectivity index (χ0v) is 20.9. The predicted octanol–water partition coefficient (Wildman–Crippen LogP) is -0.266. The SMILES string of the molecule is CN=C(N(C)Cc1ccc(F)c([I-]c2ccc(OC)cc2)c1F)N1CN(C)C(=O)N(C)C1. The maximum atomic E-state index is 15.3. The summed E-state index contributed by atoms with van der Waals surface area (Å²) in [4.78, 5) is 23.3. The van der Waals surface area contributed by atoms with Gasteiger partial charge in [0.1, 0.15) is 0 Å². The first kappa shape index (κ1) is 24.0. The second kappa shape index (κ2) is 10.3. The third-order valence-corrected chi connectivity index (χ3v) is 7.89. The van der Waals surface area contributed by atoms with Crippen LogP contribution in [0.5, 0.6) is 5.75 Å². The van der Waals surface area contributed by atoms with Gasteiger partial charge in [-0.05, 0) is 0 Å². The van der Waals surface area contributed by atoms with Gasteiger partial charge in [-0.3, -0.25) is 0 Å². The molecular weight excluding hydrogens is 531 g/mol. The van der Waals surface area contributed by atoms with Crippen molar-refractivity contribution in [2.24, 2.45) is 4.99 Å². The Morgan fingerprint density at radius 2 is 1.75 bits per heavy atom. The zero-order valence-electron chi connectivity index (χ0n) is 18.8. The van der Waals surface area contributed by atoms with E-state index >= 15 is 4.39 Å². The molecule has 32 heavy (non-hydrogen) atoms. The van der Waals surface area contributed by atoms with Crippen molar-refractivity contribution in [2.75, 3.05) is 48.6 Å². The average Bonchev–Trinajstić information content (AvgIpc) is 2.77. The minimum absolute atomic E-state index is 0.0731. The van der Waals surface area contributed by atoms with Crippen molar-refractivity contribution in [3.63, 3.8) is 0 Å². The van der Waals surface area contributed by atoms with E-state index in [4.69, 9.17) is 4.74 Å². The molecule has 2 aromatic rings. The molecule has 1 heterocycles. The van der Waals surface area contributed by atoms with Gasteiger partial charge in [0.05, 0.1) is 0 Å². The number of carbonyl (C=O) groups is 1. The van der Waals surface area contributed by atoms with E-state index in [1.165, 1.54) is 12.1 Å². The van der Waals surface area contributed by atoms with Crippen LogP contribution in [0.15, 0.2) is 41.4 Å². The third-order valence-electron chi connectivity index (χ3n) is 5.02. The van der Waals surface area contributed by atoms with E-state index in [1.807, 2.05) is 21.9 Å². The summed E-state index contributed by atoms with van der Waals surface area (Å²) in [7, 11) is 8.47. The standard InChI is InChI=1S/C22H27F2IN5O2/c1-26-21(30-13-28(3)22(31)29(4)14-30)27(2)12-15-6-11-18(23)20(19(15)24)25-16-7-9-17(32-5)10-8-16/h6-11H,12-14H2,1-5H3/q-1. The van der Waals surface area contributed by atoms with E-state index in [0.717, 1.165) is 3.57 Å². The molecule has 3 rings (SSSR count). The molecule has 0 atom stereocenters. The molecule has 0 bridgehead atoms. The van der Waals surface area contributed by atoms with Crippen LogP contribution in [0.2, 0.25) is 0 Å². The molecule has 2 aromatic carbocycles. The summed E-state index contributed by atoms with van der Waals surface area (Å²) in [5.74, 6) is 0.279. The van der Waals surface area contributed by atoms with Crippen molar-refractivity contribution >= 4 is 12.0 Å². The van der Waals surface area contributed by atoms with Crippen molar-refractivity contribution in [3.8, 4) is 5.75 Å². The number of aliphatic imine (C=N–C) groups is 1. The molecule has 1 saturated heterocycles. The number of urea groups is 1. The van der Waals surface area contributed by atoms with Crippen LogP contribution >= 0.6 is 0 Å². The average molecular weight is 558 g/mol. The molecule has 7 nitrogen and oxygen atoms in total. The van der Waals surface area contributed by atoms with Crippen molar-refractivity contribution in [1.29, 1.82) is 0 Å². The van der Waals surface area contributed by atoms with E-state index in [9.17, 15) is 9.18 Å². The summed E-state index contributed by atoms with van der Waals surface area (Å²) in [5.41, 5.74) is 0.396. The van der Waals surface area contributed by atoms with E-state index < -0.39 is 32.8 Å². The van der Waals surface area contributed by atoms with E-state index in [2.05, 4.69) is 4.99 Å².